The normalized spacial score (nSPS) is 9.41. The first-order chi connectivity index (χ1) is 21.7. The van der Waals surface area contributed by atoms with E-state index in [0.717, 1.165) is 22.5 Å². The number of nitrogen functional groups attached to an aromatic ring is 1. The van der Waals surface area contributed by atoms with E-state index in [1.54, 1.807) is 72.8 Å². The van der Waals surface area contributed by atoms with Crippen molar-refractivity contribution in [2.24, 2.45) is 5.84 Å². The van der Waals surface area contributed by atoms with E-state index in [1.807, 2.05) is 76.2 Å². The Bertz CT molecular complexity index is 1590. The number of nitrogens with one attached hydrogen (secondary N) is 3. The van der Waals surface area contributed by atoms with Gasteiger partial charge < -0.3 is 19.6 Å². The van der Waals surface area contributed by atoms with Gasteiger partial charge in [0, 0.05) is 0 Å². The van der Waals surface area contributed by atoms with E-state index in [2.05, 4.69) is 22.3 Å². The molecule has 5 rings (SSSR count). The van der Waals surface area contributed by atoms with Crippen molar-refractivity contribution in [2.45, 2.75) is 35.1 Å². The van der Waals surface area contributed by atoms with Gasteiger partial charge in [0.2, 0.25) is 0 Å². The number of rotatable bonds is 6. The number of hydrogen-bond acceptors (Lipinski definition) is 8. The third kappa shape index (κ3) is 13.2. The molecule has 0 saturated heterocycles. The van der Waals surface area contributed by atoms with Crippen LogP contribution in [-0.2, 0) is 0 Å². The van der Waals surface area contributed by atoms with Crippen LogP contribution in [0, 0.1) is 27.7 Å². The molecule has 0 unspecified atom stereocenters. The summed E-state index contributed by atoms with van der Waals surface area (Å²) in [7, 11) is 0. The summed E-state index contributed by atoms with van der Waals surface area (Å²) in [6.07, 6.45) is -1.29. The van der Waals surface area contributed by atoms with E-state index >= 15 is 0 Å². The van der Waals surface area contributed by atoms with Gasteiger partial charge in [0.05, 0.1) is 11.4 Å². The Kier molecular flexibility index (Phi) is 15.4. The van der Waals surface area contributed by atoms with E-state index in [4.69, 9.17) is 20.1 Å². The maximum absolute atomic E-state index is 11.6. The Morgan fingerprint density at radius 1 is 0.543 bits per heavy atom. The molecular weight excluding hydrogens is 580 g/mol. The number of hydrazine groups is 2. The molecule has 5 aromatic rings. The van der Waals surface area contributed by atoms with Gasteiger partial charge in [-0.25, -0.2) is 15.0 Å². The van der Waals surface area contributed by atoms with E-state index in [9.17, 15) is 9.59 Å². The minimum atomic E-state index is -0.739. The zero-order valence-corrected chi connectivity index (χ0v) is 25.7. The van der Waals surface area contributed by atoms with Crippen molar-refractivity contribution in [1.29, 1.82) is 0 Å². The highest BCUT2D eigenvalue weighted by atomic mass is 16.7. The second-order valence-electron chi connectivity index (χ2n) is 9.81. The number of carbonyl (C=O) groups is 2. The minimum absolute atomic E-state index is 0. The summed E-state index contributed by atoms with van der Waals surface area (Å²) >= 11 is 0. The second-order valence-corrected chi connectivity index (χ2v) is 9.81. The molecule has 0 heterocycles. The molecular formula is C37H42N4O5. The molecule has 5 N–H and O–H groups in total. The molecule has 46 heavy (non-hydrogen) atoms. The molecule has 0 saturated carbocycles. The Morgan fingerprint density at radius 2 is 0.935 bits per heavy atom. The summed E-state index contributed by atoms with van der Waals surface area (Å²) in [4.78, 5) is 22.9. The minimum Gasteiger partial charge on any atom is -0.409 e. The molecule has 0 aliphatic rings. The third-order valence-electron chi connectivity index (χ3n) is 6.08. The predicted octanol–water partition coefficient (Wildman–Crippen LogP) is 8.91. The number of carbonyl (C=O) groups excluding carboxylic acids is 2. The highest BCUT2D eigenvalue weighted by molar-refractivity contribution is 5.72. The van der Waals surface area contributed by atoms with Gasteiger partial charge in [-0.2, -0.15) is 0 Å². The molecule has 0 atom stereocenters. The van der Waals surface area contributed by atoms with Crippen LogP contribution in [0.2, 0.25) is 0 Å². The van der Waals surface area contributed by atoms with Crippen LogP contribution in [0.1, 0.15) is 29.7 Å². The van der Waals surface area contributed by atoms with Crippen molar-refractivity contribution < 1.29 is 23.8 Å². The standard InChI is InChI=1S/C15H16N2O2.C13H10O3.C8H12N2.CH4/c1-11-8-9-12(2)14(10-11)16-17-15(18)19-13-6-4-3-5-7-13;14-13(15-11-7-3-1-4-8-11)16-12-9-5-2-6-10-12;1-6-3-4-7(2)8(5-6)10-9;/h3-10,16H,1-2H3,(H,17,18);1-10H;3-5,10H,9H2,1-2H3;1H4. The SMILES string of the molecule is C.Cc1ccc(C)c(NN)c1.Cc1ccc(C)c(NNC(=O)Oc2ccccc2)c1.O=C(Oc1ccccc1)Oc1ccccc1. The van der Waals surface area contributed by atoms with Crippen LogP contribution >= 0.6 is 0 Å². The van der Waals surface area contributed by atoms with Gasteiger partial charge in [-0.15, -0.1) is 0 Å². The highest BCUT2D eigenvalue weighted by Crippen LogP contribution is 2.16. The predicted molar refractivity (Wildman–Crippen MR) is 185 cm³/mol. The van der Waals surface area contributed by atoms with Crippen LogP contribution in [0.4, 0.5) is 21.0 Å². The third-order valence-corrected chi connectivity index (χ3v) is 6.08. The lowest BCUT2D eigenvalue weighted by Gasteiger charge is -2.11. The first-order valence-electron chi connectivity index (χ1n) is 14.1. The van der Waals surface area contributed by atoms with Gasteiger partial charge in [0.1, 0.15) is 17.2 Å². The van der Waals surface area contributed by atoms with E-state index in [0.29, 0.717) is 17.2 Å². The Labute approximate surface area is 271 Å². The zero-order chi connectivity index (χ0) is 32.4. The Balaban J connectivity index is 0.000000248. The van der Waals surface area contributed by atoms with Gasteiger partial charge in [-0.05, 0) is 98.5 Å². The van der Waals surface area contributed by atoms with Gasteiger partial charge in [-0.3, -0.25) is 11.3 Å². The van der Waals surface area contributed by atoms with E-state index < -0.39 is 12.2 Å². The summed E-state index contributed by atoms with van der Waals surface area (Å²) in [5, 5.41) is 0. The lowest BCUT2D eigenvalue weighted by molar-refractivity contribution is 0.152. The number of benzene rings is 5. The van der Waals surface area contributed by atoms with Crippen molar-refractivity contribution in [3.8, 4) is 17.2 Å². The van der Waals surface area contributed by atoms with E-state index in [1.165, 1.54) is 11.1 Å². The average Bonchev–Trinajstić information content (AvgIpc) is 3.04. The maximum Gasteiger partial charge on any atom is 0.519 e. The molecule has 1 amide bonds. The number of hydrogen-bond donors (Lipinski definition) is 4. The summed E-state index contributed by atoms with van der Waals surface area (Å²) < 4.78 is 15.0. The molecule has 0 aliphatic carbocycles. The van der Waals surface area contributed by atoms with Crippen LogP contribution in [0.3, 0.4) is 0 Å². The van der Waals surface area contributed by atoms with Gasteiger partial charge in [0.15, 0.2) is 0 Å². The molecule has 0 bridgehead atoms. The Morgan fingerprint density at radius 3 is 1.35 bits per heavy atom. The van der Waals surface area contributed by atoms with Crippen molar-refractivity contribution in [2.75, 3.05) is 10.9 Å². The number of ether oxygens (including phenoxy) is 3. The molecule has 9 nitrogen and oxygen atoms in total. The molecule has 0 radical (unpaired) electrons. The van der Waals surface area contributed by atoms with Gasteiger partial charge >= 0.3 is 12.2 Å². The number of anilines is 2. The first kappa shape index (κ1) is 36.4. The molecule has 240 valence electrons. The van der Waals surface area contributed by atoms with Crippen LogP contribution in [0.5, 0.6) is 17.2 Å². The number of aryl methyl sites for hydroxylation is 4. The number of amides is 1. The summed E-state index contributed by atoms with van der Waals surface area (Å²) in [6.45, 7) is 8.02. The summed E-state index contributed by atoms with van der Waals surface area (Å²) in [5.74, 6) is 6.70. The van der Waals surface area contributed by atoms with Gasteiger partial charge in [-0.1, -0.05) is 86.3 Å². The van der Waals surface area contributed by atoms with E-state index in [-0.39, 0.29) is 7.43 Å². The zero-order valence-electron chi connectivity index (χ0n) is 25.7. The largest absolute Gasteiger partial charge is 0.519 e. The van der Waals surface area contributed by atoms with Crippen molar-refractivity contribution in [3.63, 3.8) is 0 Å². The van der Waals surface area contributed by atoms with Crippen LogP contribution in [-0.4, -0.2) is 12.2 Å². The van der Waals surface area contributed by atoms with Crippen molar-refractivity contribution in [3.05, 3.63) is 150 Å². The molecule has 9 heteroatoms. The molecule has 0 aliphatic heterocycles. The second kappa shape index (κ2) is 19.5. The lowest BCUT2D eigenvalue weighted by Crippen LogP contribution is -2.32. The number of nitrogens with two attached hydrogens (primary N) is 1. The summed E-state index contributed by atoms with van der Waals surface area (Å²) in [6, 6.07) is 38.6. The monoisotopic (exact) mass is 622 g/mol. The number of para-hydroxylation sites is 3. The topological polar surface area (TPSA) is 124 Å². The molecule has 0 fully saturated rings. The van der Waals surface area contributed by atoms with Crippen LogP contribution < -0.4 is 36.3 Å². The first-order valence-corrected chi connectivity index (χ1v) is 14.1. The fraction of sp³-hybridized carbons (Fsp3) is 0.135. The van der Waals surface area contributed by atoms with Crippen molar-refractivity contribution in [1.82, 2.24) is 5.43 Å². The molecule has 0 spiro atoms. The van der Waals surface area contributed by atoms with Gasteiger partial charge in [0.25, 0.3) is 0 Å². The van der Waals surface area contributed by atoms with Crippen LogP contribution in [0.25, 0.3) is 0 Å². The highest BCUT2D eigenvalue weighted by Gasteiger charge is 2.07. The van der Waals surface area contributed by atoms with Crippen LogP contribution in [0.15, 0.2) is 127 Å². The molecule has 5 aromatic carbocycles. The fourth-order valence-electron chi connectivity index (χ4n) is 3.69. The Hall–Kier alpha value is -5.80. The lowest BCUT2D eigenvalue weighted by atomic mass is 10.1. The summed E-state index contributed by atoms with van der Waals surface area (Å²) in [5.41, 5.74) is 14.4. The maximum atomic E-state index is 11.6. The molecule has 0 aromatic heterocycles. The quantitative estimate of drug-likeness (QED) is 0.0641. The van der Waals surface area contributed by atoms with Crippen molar-refractivity contribution >= 4 is 23.6 Å². The smallest absolute Gasteiger partial charge is 0.409 e. The fourth-order valence-corrected chi connectivity index (χ4v) is 3.69. The average molecular weight is 623 g/mol.